The molecule has 0 saturated carbocycles. The van der Waals surface area contributed by atoms with Gasteiger partial charge in [-0.15, -0.1) is 0 Å². The normalized spacial score (nSPS) is 32.8. The predicted octanol–water partition coefficient (Wildman–Crippen LogP) is -0.763. The fourth-order valence-electron chi connectivity index (χ4n) is 2.59. The average molecular weight is 243 g/mol. The summed E-state index contributed by atoms with van der Waals surface area (Å²) in [6, 6.07) is 0.490. The molecule has 0 aromatic heterocycles. The van der Waals surface area contributed by atoms with Crippen molar-refractivity contribution in [3.05, 3.63) is 0 Å². The summed E-state index contributed by atoms with van der Waals surface area (Å²) in [5.41, 5.74) is 0. The Morgan fingerprint density at radius 2 is 2.18 bits per heavy atom. The second-order valence-electron chi connectivity index (χ2n) is 5.04. The van der Waals surface area contributed by atoms with Gasteiger partial charge in [0.15, 0.2) is 0 Å². The van der Waals surface area contributed by atoms with E-state index in [2.05, 4.69) is 22.2 Å². The Morgan fingerprint density at radius 1 is 1.29 bits per heavy atom. The Labute approximate surface area is 104 Å². The first-order chi connectivity index (χ1) is 8.29. The van der Waals surface area contributed by atoms with E-state index < -0.39 is 0 Å². The Kier molecular flexibility index (Phi) is 5.18. The first-order valence-electron chi connectivity index (χ1n) is 6.56. The highest BCUT2D eigenvalue weighted by molar-refractivity contribution is 4.81. The van der Waals surface area contributed by atoms with Crippen LogP contribution < -0.4 is 5.32 Å². The molecule has 100 valence electrons. The van der Waals surface area contributed by atoms with Crippen molar-refractivity contribution in [2.45, 2.75) is 12.1 Å². The number of hydrogen-bond donors (Lipinski definition) is 1. The van der Waals surface area contributed by atoms with Crippen molar-refractivity contribution >= 4 is 0 Å². The maximum absolute atomic E-state index is 5.83. The first-order valence-corrected chi connectivity index (χ1v) is 6.56. The summed E-state index contributed by atoms with van der Waals surface area (Å²) >= 11 is 0. The van der Waals surface area contributed by atoms with E-state index in [1.54, 1.807) is 0 Å². The summed E-state index contributed by atoms with van der Waals surface area (Å²) in [6.45, 7) is 7.69. The number of nitrogens with one attached hydrogen (secondary N) is 1. The lowest BCUT2D eigenvalue weighted by Crippen LogP contribution is -2.54. The van der Waals surface area contributed by atoms with Gasteiger partial charge >= 0.3 is 0 Å². The van der Waals surface area contributed by atoms with Crippen molar-refractivity contribution in [3.63, 3.8) is 0 Å². The fourth-order valence-corrected chi connectivity index (χ4v) is 2.59. The molecule has 17 heavy (non-hydrogen) atoms. The summed E-state index contributed by atoms with van der Waals surface area (Å²) in [5.74, 6) is 0. The van der Waals surface area contributed by atoms with Crippen LogP contribution in [-0.4, -0.2) is 88.6 Å². The molecule has 0 amide bonds. The largest absolute Gasteiger partial charge is 0.378 e. The molecule has 0 aromatic rings. The number of likely N-dealkylation sites (N-methyl/N-ethyl adjacent to an activating group) is 2. The molecule has 0 bridgehead atoms. The molecular formula is C12H25N3O2. The minimum Gasteiger partial charge on any atom is -0.378 e. The maximum atomic E-state index is 5.83. The molecule has 2 heterocycles. The van der Waals surface area contributed by atoms with Gasteiger partial charge < -0.3 is 19.7 Å². The van der Waals surface area contributed by atoms with Crippen LogP contribution >= 0.6 is 0 Å². The molecule has 5 nitrogen and oxygen atoms in total. The van der Waals surface area contributed by atoms with Gasteiger partial charge in [0.25, 0.3) is 0 Å². The van der Waals surface area contributed by atoms with Crippen molar-refractivity contribution in [1.82, 2.24) is 15.1 Å². The van der Waals surface area contributed by atoms with Gasteiger partial charge in [-0.05, 0) is 14.1 Å². The van der Waals surface area contributed by atoms with E-state index in [1.165, 1.54) is 0 Å². The van der Waals surface area contributed by atoms with Crippen molar-refractivity contribution in [2.75, 3.05) is 66.6 Å². The zero-order valence-electron chi connectivity index (χ0n) is 11.0. The number of nitrogens with zero attached hydrogens (tertiary/aromatic N) is 2. The van der Waals surface area contributed by atoms with E-state index in [9.17, 15) is 0 Å². The topological polar surface area (TPSA) is 37.0 Å². The van der Waals surface area contributed by atoms with Crippen LogP contribution in [0.15, 0.2) is 0 Å². The van der Waals surface area contributed by atoms with Gasteiger partial charge in [0.2, 0.25) is 0 Å². The quantitative estimate of drug-likeness (QED) is 0.702. The molecule has 2 saturated heterocycles. The predicted molar refractivity (Wildman–Crippen MR) is 67.3 cm³/mol. The van der Waals surface area contributed by atoms with Crippen LogP contribution in [0.3, 0.4) is 0 Å². The van der Waals surface area contributed by atoms with Gasteiger partial charge in [0.1, 0.15) is 0 Å². The number of hydrogen-bond acceptors (Lipinski definition) is 5. The summed E-state index contributed by atoms with van der Waals surface area (Å²) in [4.78, 5) is 4.85. The van der Waals surface area contributed by atoms with E-state index in [0.717, 1.165) is 52.5 Å². The SMILES string of the molecule is CNCC1COCCN1CC1CN(C)CCO1. The number of ether oxygens (including phenoxy) is 2. The van der Waals surface area contributed by atoms with Crippen LogP contribution in [0, 0.1) is 0 Å². The lowest BCUT2D eigenvalue weighted by atomic mass is 10.2. The van der Waals surface area contributed by atoms with E-state index in [-0.39, 0.29) is 0 Å². The van der Waals surface area contributed by atoms with Crippen LogP contribution in [-0.2, 0) is 9.47 Å². The zero-order valence-corrected chi connectivity index (χ0v) is 11.0. The molecule has 1 N–H and O–H groups in total. The smallest absolute Gasteiger partial charge is 0.0829 e. The molecule has 0 spiro atoms. The summed E-state index contributed by atoms with van der Waals surface area (Å²) < 4.78 is 11.4. The van der Waals surface area contributed by atoms with Gasteiger partial charge in [-0.25, -0.2) is 0 Å². The van der Waals surface area contributed by atoms with E-state index in [0.29, 0.717) is 12.1 Å². The standard InChI is InChI=1S/C12H25N3O2/c1-13-7-11-10-16-5-4-15(11)9-12-8-14(2)3-6-17-12/h11-13H,3-10H2,1-2H3. The van der Waals surface area contributed by atoms with Crippen molar-refractivity contribution in [1.29, 1.82) is 0 Å². The molecule has 2 atom stereocenters. The Hall–Kier alpha value is -0.200. The van der Waals surface area contributed by atoms with Gasteiger partial charge in [0, 0.05) is 38.8 Å². The Morgan fingerprint density at radius 3 is 2.94 bits per heavy atom. The van der Waals surface area contributed by atoms with Gasteiger partial charge in [-0.1, -0.05) is 0 Å². The maximum Gasteiger partial charge on any atom is 0.0829 e. The molecular weight excluding hydrogens is 218 g/mol. The lowest BCUT2D eigenvalue weighted by molar-refractivity contribution is -0.0678. The third-order valence-corrected chi connectivity index (χ3v) is 3.57. The first kappa shape index (κ1) is 13.2. The molecule has 2 unspecified atom stereocenters. The summed E-state index contributed by atoms with van der Waals surface area (Å²) in [7, 11) is 4.16. The zero-order chi connectivity index (χ0) is 12.1. The second kappa shape index (κ2) is 6.66. The summed E-state index contributed by atoms with van der Waals surface area (Å²) in [6.07, 6.45) is 0.353. The van der Waals surface area contributed by atoms with Gasteiger partial charge in [0.05, 0.1) is 25.9 Å². The minimum atomic E-state index is 0.353. The molecule has 2 aliphatic heterocycles. The molecule has 0 aliphatic carbocycles. The van der Waals surface area contributed by atoms with E-state index >= 15 is 0 Å². The van der Waals surface area contributed by atoms with E-state index in [1.807, 2.05) is 7.05 Å². The van der Waals surface area contributed by atoms with Crippen LogP contribution in [0.2, 0.25) is 0 Å². The van der Waals surface area contributed by atoms with Crippen molar-refractivity contribution < 1.29 is 9.47 Å². The van der Waals surface area contributed by atoms with Gasteiger partial charge in [-0.2, -0.15) is 0 Å². The average Bonchev–Trinajstić information content (AvgIpc) is 2.32. The van der Waals surface area contributed by atoms with Crippen LogP contribution in [0.25, 0.3) is 0 Å². The van der Waals surface area contributed by atoms with Crippen LogP contribution in [0.1, 0.15) is 0 Å². The van der Waals surface area contributed by atoms with E-state index in [4.69, 9.17) is 9.47 Å². The minimum absolute atomic E-state index is 0.353. The van der Waals surface area contributed by atoms with Crippen LogP contribution in [0.5, 0.6) is 0 Å². The molecule has 5 heteroatoms. The highest BCUT2D eigenvalue weighted by Gasteiger charge is 2.27. The third kappa shape index (κ3) is 3.89. The monoisotopic (exact) mass is 243 g/mol. The molecule has 2 aliphatic rings. The van der Waals surface area contributed by atoms with Crippen LogP contribution in [0.4, 0.5) is 0 Å². The van der Waals surface area contributed by atoms with Gasteiger partial charge in [-0.3, -0.25) is 4.90 Å². The second-order valence-corrected chi connectivity index (χ2v) is 5.04. The highest BCUT2D eigenvalue weighted by Crippen LogP contribution is 2.11. The molecule has 0 aromatic carbocycles. The number of rotatable bonds is 4. The summed E-state index contributed by atoms with van der Waals surface area (Å²) in [5, 5.41) is 3.24. The molecule has 0 radical (unpaired) electrons. The molecule has 2 rings (SSSR count). The third-order valence-electron chi connectivity index (χ3n) is 3.57. The lowest BCUT2D eigenvalue weighted by Gasteiger charge is -2.39. The highest BCUT2D eigenvalue weighted by atomic mass is 16.5. The van der Waals surface area contributed by atoms with Crippen molar-refractivity contribution in [2.24, 2.45) is 0 Å². The number of morpholine rings is 2. The Bertz CT molecular complexity index is 226. The fraction of sp³-hybridized carbons (Fsp3) is 1.00. The Balaban J connectivity index is 1.82. The van der Waals surface area contributed by atoms with Crippen molar-refractivity contribution in [3.8, 4) is 0 Å². The molecule has 2 fully saturated rings.